The van der Waals surface area contributed by atoms with Crippen molar-refractivity contribution < 1.29 is 14.0 Å². The van der Waals surface area contributed by atoms with Crippen LogP contribution in [0.1, 0.15) is 34.1 Å². The molecule has 2 amide bonds. The zero-order chi connectivity index (χ0) is 20.1. The summed E-state index contributed by atoms with van der Waals surface area (Å²) in [7, 11) is 3.83. The van der Waals surface area contributed by atoms with Gasteiger partial charge < -0.3 is 15.1 Å². The Bertz CT molecular complexity index is 802. The molecule has 1 fully saturated rings. The van der Waals surface area contributed by atoms with E-state index in [4.69, 9.17) is 0 Å². The quantitative estimate of drug-likeness (QED) is 0.806. The summed E-state index contributed by atoms with van der Waals surface area (Å²) in [6, 6.07) is 10.1. The van der Waals surface area contributed by atoms with E-state index >= 15 is 0 Å². The molecule has 2 heterocycles. The molecule has 0 saturated carbocycles. The van der Waals surface area contributed by atoms with Crippen LogP contribution in [-0.2, 0) is 4.79 Å². The summed E-state index contributed by atoms with van der Waals surface area (Å²) in [6.07, 6.45) is 1.32. The molecule has 1 N–H and O–H groups in total. The van der Waals surface area contributed by atoms with Gasteiger partial charge in [-0.1, -0.05) is 18.2 Å². The Labute approximate surface area is 169 Å². The molecule has 0 aliphatic carbocycles. The first kappa shape index (κ1) is 20.5. The molecule has 1 aliphatic rings. The van der Waals surface area contributed by atoms with Gasteiger partial charge in [-0.15, -0.1) is 11.3 Å². The number of hydrogen-bond acceptors (Lipinski definition) is 4. The third-order valence-corrected chi connectivity index (χ3v) is 6.07. The SMILES string of the molecule is CN(C)C(CNC(=O)C1CCN(C(=O)c2cccs2)CC1)c1cccc(F)c1. The lowest BCUT2D eigenvalue weighted by molar-refractivity contribution is -0.126. The Morgan fingerprint density at radius 2 is 2.00 bits per heavy atom. The van der Waals surface area contributed by atoms with Gasteiger partial charge in [-0.3, -0.25) is 9.59 Å². The first-order valence-corrected chi connectivity index (χ1v) is 10.4. The average molecular weight is 404 g/mol. The van der Waals surface area contributed by atoms with Crippen molar-refractivity contribution in [2.45, 2.75) is 18.9 Å². The molecule has 28 heavy (non-hydrogen) atoms. The summed E-state index contributed by atoms with van der Waals surface area (Å²) < 4.78 is 13.5. The van der Waals surface area contributed by atoms with Crippen LogP contribution < -0.4 is 5.32 Å². The summed E-state index contributed by atoms with van der Waals surface area (Å²) in [5.41, 5.74) is 0.835. The van der Waals surface area contributed by atoms with Crippen LogP contribution in [0.25, 0.3) is 0 Å². The van der Waals surface area contributed by atoms with Crippen LogP contribution in [0, 0.1) is 11.7 Å². The topological polar surface area (TPSA) is 52.7 Å². The summed E-state index contributed by atoms with van der Waals surface area (Å²) in [5, 5.41) is 4.91. The predicted octanol–water partition coefficient (Wildman–Crippen LogP) is 3.16. The van der Waals surface area contributed by atoms with Gasteiger partial charge in [-0.2, -0.15) is 0 Å². The van der Waals surface area contributed by atoms with Gasteiger partial charge in [-0.05, 0) is 56.1 Å². The minimum Gasteiger partial charge on any atom is -0.354 e. The van der Waals surface area contributed by atoms with Crippen molar-refractivity contribution in [2.24, 2.45) is 5.92 Å². The molecule has 2 aromatic rings. The molecule has 1 aromatic heterocycles. The molecule has 150 valence electrons. The number of halogens is 1. The standard InChI is InChI=1S/C21H26FN3O2S/c1-24(2)18(16-5-3-6-17(22)13-16)14-23-20(26)15-8-10-25(11-9-15)21(27)19-7-4-12-28-19/h3-7,12-13,15,18H,8-11,14H2,1-2H3,(H,23,26). The molecule has 0 radical (unpaired) electrons. The van der Waals surface area contributed by atoms with Gasteiger partial charge in [0.05, 0.1) is 10.9 Å². The highest BCUT2D eigenvalue weighted by Gasteiger charge is 2.28. The van der Waals surface area contributed by atoms with Crippen molar-refractivity contribution in [1.29, 1.82) is 0 Å². The molecule has 1 saturated heterocycles. The zero-order valence-corrected chi connectivity index (χ0v) is 17.0. The minimum absolute atomic E-state index is 0.00600. The second-order valence-corrected chi connectivity index (χ2v) is 8.27. The van der Waals surface area contributed by atoms with E-state index in [-0.39, 0.29) is 29.6 Å². The first-order valence-electron chi connectivity index (χ1n) is 9.48. The van der Waals surface area contributed by atoms with Crippen molar-refractivity contribution in [1.82, 2.24) is 15.1 Å². The van der Waals surface area contributed by atoms with Crippen LogP contribution in [0.4, 0.5) is 4.39 Å². The van der Waals surface area contributed by atoms with Crippen LogP contribution in [0.3, 0.4) is 0 Å². The van der Waals surface area contributed by atoms with Crippen molar-refractivity contribution in [2.75, 3.05) is 33.7 Å². The fourth-order valence-corrected chi connectivity index (χ4v) is 4.25. The summed E-state index contributed by atoms with van der Waals surface area (Å²) in [4.78, 5) is 29.6. The Kier molecular flexibility index (Phi) is 6.80. The third-order valence-electron chi connectivity index (χ3n) is 5.21. The lowest BCUT2D eigenvalue weighted by Crippen LogP contribution is -2.44. The minimum atomic E-state index is -0.279. The Morgan fingerprint density at radius 1 is 1.25 bits per heavy atom. The number of rotatable bonds is 6. The van der Waals surface area contributed by atoms with E-state index in [1.54, 1.807) is 6.07 Å². The maximum atomic E-state index is 13.5. The van der Waals surface area contributed by atoms with Crippen LogP contribution in [-0.4, -0.2) is 55.3 Å². The van der Waals surface area contributed by atoms with Gasteiger partial charge in [0.15, 0.2) is 0 Å². The molecule has 1 unspecified atom stereocenters. The van der Waals surface area contributed by atoms with E-state index in [0.29, 0.717) is 32.5 Å². The van der Waals surface area contributed by atoms with E-state index in [2.05, 4.69) is 5.32 Å². The number of amides is 2. The van der Waals surface area contributed by atoms with Crippen LogP contribution >= 0.6 is 11.3 Å². The van der Waals surface area contributed by atoms with E-state index in [9.17, 15) is 14.0 Å². The van der Waals surface area contributed by atoms with Crippen molar-refractivity contribution >= 4 is 23.2 Å². The number of nitrogens with zero attached hydrogens (tertiary/aromatic N) is 2. The number of thiophene rings is 1. The molecular weight excluding hydrogens is 377 g/mol. The van der Waals surface area contributed by atoms with Gasteiger partial charge in [0.2, 0.25) is 5.91 Å². The van der Waals surface area contributed by atoms with Crippen LogP contribution in [0.2, 0.25) is 0 Å². The third kappa shape index (κ3) is 4.97. The molecule has 5 nitrogen and oxygen atoms in total. The largest absolute Gasteiger partial charge is 0.354 e. The van der Waals surface area contributed by atoms with E-state index in [0.717, 1.165) is 10.4 Å². The van der Waals surface area contributed by atoms with Gasteiger partial charge >= 0.3 is 0 Å². The number of likely N-dealkylation sites (N-methyl/N-ethyl adjacent to an activating group) is 1. The molecule has 3 rings (SSSR count). The predicted molar refractivity (Wildman–Crippen MR) is 109 cm³/mol. The van der Waals surface area contributed by atoms with Gasteiger partial charge in [-0.25, -0.2) is 4.39 Å². The molecular formula is C21H26FN3O2S. The van der Waals surface area contributed by atoms with Gasteiger partial charge in [0.1, 0.15) is 5.82 Å². The highest BCUT2D eigenvalue weighted by atomic mass is 32.1. The van der Waals surface area contributed by atoms with Crippen molar-refractivity contribution in [3.63, 3.8) is 0 Å². The maximum absolute atomic E-state index is 13.5. The number of benzene rings is 1. The summed E-state index contributed by atoms with van der Waals surface area (Å²) >= 11 is 1.44. The van der Waals surface area contributed by atoms with Crippen molar-refractivity contribution in [3.8, 4) is 0 Å². The Balaban J connectivity index is 1.52. The Morgan fingerprint density at radius 3 is 2.61 bits per heavy atom. The van der Waals surface area contributed by atoms with Crippen LogP contribution in [0.5, 0.6) is 0 Å². The normalized spacial score (nSPS) is 16.2. The molecule has 1 aromatic carbocycles. The number of nitrogens with one attached hydrogen (secondary N) is 1. The van der Waals surface area contributed by atoms with E-state index in [1.165, 1.54) is 23.5 Å². The highest BCUT2D eigenvalue weighted by Crippen LogP contribution is 2.22. The van der Waals surface area contributed by atoms with Gasteiger partial charge in [0.25, 0.3) is 5.91 Å². The van der Waals surface area contributed by atoms with E-state index < -0.39 is 0 Å². The Hall–Kier alpha value is -2.25. The van der Waals surface area contributed by atoms with Gasteiger partial charge in [0, 0.05) is 25.6 Å². The zero-order valence-electron chi connectivity index (χ0n) is 16.2. The number of piperidine rings is 1. The maximum Gasteiger partial charge on any atom is 0.263 e. The molecule has 0 bridgehead atoms. The molecule has 1 atom stereocenters. The summed E-state index contributed by atoms with van der Waals surface area (Å²) in [6.45, 7) is 1.61. The van der Waals surface area contributed by atoms with E-state index in [1.807, 2.05) is 47.5 Å². The lowest BCUT2D eigenvalue weighted by Gasteiger charge is -2.32. The first-order chi connectivity index (χ1) is 13.5. The monoisotopic (exact) mass is 403 g/mol. The fourth-order valence-electron chi connectivity index (χ4n) is 3.55. The number of likely N-dealkylation sites (tertiary alicyclic amines) is 1. The second kappa shape index (κ2) is 9.30. The summed E-state index contributed by atoms with van der Waals surface area (Å²) in [5.74, 6) is -0.319. The number of carbonyl (C=O) groups is 2. The van der Waals surface area contributed by atoms with Crippen molar-refractivity contribution in [3.05, 3.63) is 58.0 Å². The molecule has 0 spiro atoms. The number of hydrogen-bond donors (Lipinski definition) is 1. The highest BCUT2D eigenvalue weighted by molar-refractivity contribution is 7.12. The van der Waals surface area contributed by atoms with Crippen LogP contribution in [0.15, 0.2) is 41.8 Å². The fraction of sp³-hybridized carbons (Fsp3) is 0.429. The average Bonchev–Trinajstić information content (AvgIpc) is 3.22. The molecule has 1 aliphatic heterocycles. The molecule has 7 heteroatoms. The number of carbonyl (C=O) groups excluding carboxylic acids is 2. The lowest BCUT2D eigenvalue weighted by atomic mass is 9.95. The second-order valence-electron chi connectivity index (χ2n) is 7.32. The smallest absolute Gasteiger partial charge is 0.263 e.